The summed E-state index contributed by atoms with van der Waals surface area (Å²) in [6.45, 7) is 4.21. The summed E-state index contributed by atoms with van der Waals surface area (Å²) in [7, 11) is -1.38. The summed E-state index contributed by atoms with van der Waals surface area (Å²) in [5.74, 6) is 0.926. The number of hydrogen-bond acceptors (Lipinski definition) is 4. The summed E-state index contributed by atoms with van der Waals surface area (Å²) in [5, 5.41) is 0. The van der Waals surface area contributed by atoms with Gasteiger partial charge in [-0.25, -0.2) is 12.7 Å². The van der Waals surface area contributed by atoms with Crippen molar-refractivity contribution in [3.05, 3.63) is 29.8 Å². The van der Waals surface area contributed by atoms with E-state index < -0.39 is 10.0 Å². The topological polar surface area (TPSA) is 49.9 Å². The van der Waals surface area contributed by atoms with E-state index in [1.54, 1.807) is 11.4 Å². The summed E-state index contributed by atoms with van der Waals surface area (Å²) in [6.07, 6.45) is 4.50. The van der Waals surface area contributed by atoms with E-state index in [1.807, 2.05) is 18.2 Å². The lowest BCUT2D eigenvalue weighted by molar-refractivity contribution is 0.146. The van der Waals surface area contributed by atoms with Gasteiger partial charge in [-0.1, -0.05) is 18.2 Å². The van der Waals surface area contributed by atoms with Crippen LogP contribution in [0.1, 0.15) is 24.8 Å². The largest absolute Gasteiger partial charge is 0.496 e. The van der Waals surface area contributed by atoms with E-state index in [4.69, 9.17) is 4.74 Å². The van der Waals surface area contributed by atoms with Crippen molar-refractivity contribution in [3.63, 3.8) is 0 Å². The number of piperidine rings is 1. The maximum Gasteiger partial charge on any atom is 0.211 e. The molecule has 2 aliphatic rings. The molecule has 0 N–H and O–H groups in total. The third kappa shape index (κ3) is 3.70. The molecule has 5 nitrogen and oxygen atoms in total. The Labute approximate surface area is 139 Å². The van der Waals surface area contributed by atoms with Crippen LogP contribution >= 0.6 is 0 Å². The number of benzene rings is 1. The highest BCUT2D eigenvalue weighted by molar-refractivity contribution is 7.88. The van der Waals surface area contributed by atoms with Crippen LogP contribution in [0.25, 0.3) is 0 Å². The molecule has 128 valence electrons. The second kappa shape index (κ2) is 6.42. The second-order valence-electron chi connectivity index (χ2n) is 6.97. The lowest BCUT2D eigenvalue weighted by Crippen LogP contribution is -2.46. The summed E-state index contributed by atoms with van der Waals surface area (Å²) in [4.78, 5) is 2.43. The van der Waals surface area contributed by atoms with Gasteiger partial charge in [-0.3, -0.25) is 4.90 Å². The monoisotopic (exact) mass is 338 g/mol. The van der Waals surface area contributed by atoms with Crippen molar-refractivity contribution >= 4 is 10.0 Å². The molecule has 0 amide bonds. The van der Waals surface area contributed by atoms with Crippen molar-refractivity contribution in [2.75, 3.05) is 39.5 Å². The fraction of sp³-hybridized carbons (Fsp3) is 0.647. The van der Waals surface area contributed by atoms with Crippen LogP contribution in [0.3, 0.4) is 0 Å². The number of hydrogen-bond donors (Lipinski definition) is 0. The summed E-state index contributed by atoms with van der Waals surface area (Å²) in [6, 6.07) is 8.12. The Morgan fingerprint density at radius 1 is 1.17 bits per heavy atom. The van der Waals surface area contributed by atoms with Gasteiger partial charge in [0.15, 0.2) is 0 Å². The Bertz CT molecular complexity index is 662. The molecule has 0 radical (unpaired) electrons. The third-order valence-electron chi connectivity index (χ3n) is 5.20. The molecule has 0 bridgehead atoms. The molecular weight excluding hydrogens is 312 g/mol. The fourth-order valence-electron chi connectivity index (χ4n) is 4.02. The van der Waals surface area contributed by atoms with Crippen LogP contribution in [0.2, 0.25) is 0 Å². The van der Waals surface area contributed by atoms with Gasteiger partial charge in [0.1, 0.15) is 5.75 Å². The molecule has 3 rings (SSSR count). The van der Waals surface area contributed by atoms with Gasteiger partial charge in [0, 0.05) is 31.7 Å². The van der Waals surface area contributed by atoms with Crippen LogP contribution in [-0.2, 0) is 16.6 Å². The zero-order chi connectivity index (χ0) is 16.5. The summed E-state index contributed by atoms with van der Waals surface area (Å²) >= 11 is 0. The summed E-state index contributed by atoms with van der Waals surface area (Å²) < 4.78 is 30.9. The molecule has 2 aliphatic heterocycles. The number of likely N-dealkylation sites (tertiary alicyclic amines) is 1. The molecule has 0 unspecified atom stereocenters. The maximum absolute atomic E-state index is 11.9. The smallest absolute Gasteiger partial charge is 0.211 e. The average Bonchev–Trinajstić information content (AvgIpc) is 2.89. The molecule has 6 heteroatoms. The van der Waals surface area contributed by atoms with Crippen LogP contribution in [0.5, 0.6) is 5.75 Å². The van der Waals surface area contributed by atoms with Crippen molar-refractivity contribution in [1.29, 1.82) is 0 Å². The predicted octanol–water partition coefficient (Wildman–Crippen LogP) is 1.94. The molecule has 2 heterocycles. The average molecular weight is 338 g/mol. The molecule has 0 aromatic heterocycles. The Hall–Kier alpha value is -1.11. The van der Waals surface area contributed by atoms with Crippen molar-refractivity contribution in [2.24, 2.45) is 5.41 Å². The molecule has 1 aromatic carbocycles. The zero-order valence-corrected chi connectivity index (χ0v) is 14.8. The van der Waals surface area contributed by atoms with Gasteiger partial charge in [0.05, 0.1) is 13.4 Å². The lowest BCUT2D eigenvalue weighted by atomic mass is 9.80. The molecule has 0 aliphatic carbocycles. The van der Waals surface area contributed by atoms with Crippen LogP contribution < -0.4 is 4.74 Å². The number of ether oxygens (including phenoxy) is 1. The second-order valence-corrected chi connectivity index (χ2v) is 8.96. The van der Waals surface area contributed by atoms with Crippen LogP contribution in [0.4, 0.5) is 0 Å². The van der Waals surface area contributed by atoms with E-state index in [9.17, 15) is 8.42 Å². The highest BCUT2D eigenvalue weighted by atomic mass is 32.2. The van der Waals surface area contributed by atoms with Crippen molar-refractivity contribution in [1.82, 2.24) is 9.21 Å². The third-order valence-corrected chi connectivity index (χ3v) is 6.45. The van der Waals surface area contributed by atoms with E-state index in [0.29, 0.717) is 13.1 Å². The minimum atomic E-state index is -3.08. The maximum atomic E-state index is 11.9. The standard InChI is InChI=1S/C17H26N2O3S/c1-22-16-7-4-3-6-15(16)12-18-11-9-17(13-18)8-5-10-19(14-17)23(2,20)21/h3-4,6-7H,5,8-14H2,1-2H3/t17-/m0/s1. The highest BCUT2D eigenvalue weighted by Gasteiger charge is 2.43. The first kappa shape index (κ1) is 16.7. The molecular formula is C17H26N2O3S. The number of para-hydroxylation sites is 1. The van der Waals surface area contributed by atoms with Crippen molar-refractivity contribution in [2.45, 2.75) is 25.8 Å². The summed E-state index contributed by atoms with van der Waals surface area (Å²) in [5.41, 5.74) is 1.33. The van der Waals surface area contributed by atoms with Crippen LogP contribution in [0, 0.1) is 5.41 Å². The van der Waals surface area contributed by atoms with Crippen LogP contribution in [-0.4, -0.2) is 57.2 Å². The lowest BCUT2D eigenvalue weighted by Gasteiger charge is -2.39. The molecule has 1 atom stereocenters. The Morgan fingerprint density at radius 3 is 2.70 bits per heavy atom. The van der Waals surface area contributed by atoms with Gasteiger partial charge in [0.25, 0.3) is 0 Å². The van der Waals surface area contributed by atoms with Crippen molar-refractivity contribution in [3.8, 4) is 5.75 Å². The van der Waals surface area contributed by atoms with E-state index >= 15 is 0 Å². The Balaban J connectivity index is 1.68. The number of rotatable bonds is 4. The number of sulfonamides is 1. The normalized spacial score (nSPS) is 26.7. The minimum Gasteiger partial charge on any atom is -0.496 e. The minimum absolute atomic E-state index is 0.128. The van der Waals surface area contributed by atoms with Crippen LogP contribution in [0.15, 0.2) is 24.3 Å². The van der Waals surface area contributed by atoms with E-state index in [0.717, 1.165) is 44.6 Å². The zero-order valence-electron chi connectivity index (χ0n) is 14.0. The molecule has 23 heavy (non-hydrogen) atoms. The van der Waals surface area contributed by atoms with Gasteiger partial charge in [-0.2, -0.15) is 0 Å². The molecule has 2 saturated heterocycles. The Kier molecular flexibility index (Phi) is 4.67. The molecule has 0 saturated carbocycles. The van der Waals surface area contributed by atoms with Gasteiger partial charge >= 0.3 is 0 Å². The first-order valence-corrected chi connectivity index (χ1v) is 10.1. The SMILES string of the molecule is COc1ccccc1CN1CC[C@@]2(CCCN(S(C)(=O)=O)C2)C1. The number of methoxy groups -OCH3 is 1. The van der Waals surface area contributed by atoms with Crippen molar-refractivity contribution < 1.29 is 13.2 Å². The molecule has 2 fully saturated rings. The molecule has 1 aromatic rings. The fourth-order valence-corrected chi connectivity index (χ4v) is 4.99. The van der Waals surface area contributed by atoms with E-state index in [2.05, 4.69) is 11.0 Å². The van der Waals surface area contributed by atoms with Gasteiger partial charge < -0.3 is 4.74 Å². The number of nitrogens with zero attached hydrogens (tertiary/aromatic N) is 2. The quantitative estimate of drug-likeness (QED) is 0.842. The molecule has 1 spiro atoms. The van der Waals surface area contributed by atoms with Gasteiger partial charge in [-0.05, 0) is 37.3 Å². The first-order valence-electron chi connectivity index (χ1n) is 8.21. The van der Waals surface area contributed by atoms with E-state index in [-0.39, 0.29) is 5.41 Å². The van der Waals surface area contributed by atoms with Gasteiger partial charge in [-0.15, -0.1) is 0 Å². The Morgan fingerprint density at radius 2 is 1.96 bits per heavy atom. The highest BCUT2D eigenvalue weighted by Crippen LogP contribution is 2.40. The van der Waals surface area contributed by atoms with E-state index in [1.165, 1.54) is 11.8 Å². The van der Waals surface area contributed by atoms with Gasteiger partial charge in [0.2, 0.25) is 10.0 Å². The predicted molar refractivity (Wildman–Crippen MR) is 91.0 cm³/mol. The first-order chi connectivity index (χ1) is 10.9.